The van der Waals surface area contributed by atoms with Gasteiger partial charge in [-0.05, 0) is 25.5 Å². The van der Waals surface area contributed by atoms with E-state index in [1.807, 2.05) is 55.9 Å². The molecule has 0 spiro atoms. The summed E-state index contributed by atoms with van der Waals surface area (Å²) >= 11 is 0. The van der Waals surface area contributed by atoms with Crippen molar-refractivity contribution in [2.24, 2.45) is 7.05 Å². The van der Waals surface area contributed by atoms with Crippen LogP contribution in [0, 0.1) is 6.92 Å². The summed E-state index contributed by atoms with van der Waals surface area (Å²) < 4.78 is 7.82. The molecule has 1 amide bonds. The number of fused-ring (bicyclic) bond motifs is 1. The maximum Gasteiger partial charge on any atom is 0.270 e. The number of nitrogens with zero attached hydrogens (tertiary/aromatic N) is 4. The monoisotopic (exact) mass is 353 g/mol. The van der Waals surface area contributed by atoms with E-state index in [9.17, 15) is 4.79 Å². The molecule has 1 aliphatic heterocycles. The lowest BCUT2D eigenvalue weighted by atomic mass is 10.0. The number of amides is 1. The Balaban J connectivity index is 1.52. The summed E-state index contributed by atoms with van der Waals surface area (Å²) in [4.78, 5) is 19.2. The molecule has 3 heterocycles. The van der Waals surface area contributed by atoms with Crippen LogP contribution in [-0.4, -0.2) is 56.9 Å². The molecule has 2 atom stereocenters. The second-order valence-electron chi connectivity index (χ2n) is 6.92. The highest BCUT2D eigenvalue weighted by atomic mass is 16.5. The van der Waals surface area contributed by atoms with Crippen molar-refractivity contribution in [3.8, 4) is 0 Å². The van der Waals surface area contributed by atoms with Gasteiger partial charge in [0.05, 0.1) is 12.0 Å². The lowest BCUT2D eigenvalue weighted by molar-refractivity contribution is 0.0544. The van der Waals surface area contributed by atoms with Crippen molar-refractivity contribution in [2.45, 2.75) is 25.4 Å². The molecular weight excluding hydrogens is 330 g/mol. The molecule has 0 unspecified atom stereocenters. The lowest BCUT2D eigenvalue weighted by Gasteiger charge is -2.24. The number of nitrogens with one attached hydrogen (secondary N) is 1. The van der Waals surface area contributed by atoms with Gasteiger partial charge in [-0.25, -0.2) is 4.98 Å². The molecule has 3 aromatic rings. The molecule has 1 fully saturated rings. The molecule has 7 nitrogen and oxygen atoms in total. The number of carbonyl (C=O) groups is 1. The van der Waals surface area contributed by atoms with Gasteiger partial charge in [0.15, 0.2) is 5.82 Å². The molecule has 4 rings (SSSR count). The second kappa shape index (κ2) is 6.57. The summed E-state index contributed by atoms with van der Waals surface area (Å²) in [6.07, 6.45) is 0.784. The van der Waals surface area contributed by atoms with Gasteiger partial charge < -0.3 is 14.2 Å². The average Bonchev–Trinajstić information content (AvgIpc) is 3.34. The number of aromatic amines is 1. The lowest BCUT2D eigenvalue weighted by Crippen LogP contribution is -2.37. The fraction of sp³-hybridized carbons (Fsp3) is 0.421. The Morgan fingerprint density at radius 2 is 2.23 bits per heavy atom. The smallest absolute Gasteiger partial charge is 0.270 e. The van der Waals surface area contributed by atoms with Gasteiger partial charge in [0.1, 0.15) is 11.5 Å². The summed E-state index contributed by atoms with van der Waals surface area (Å²) in [5, 5.41) is 8.23. The number of benzene rings is 1. The fourth-order valence-corrected chi connectivity index (χ4v) is 3.69. The molecule has 0 bridgehead atoms. The van der Waals surface area contributed by atoms with Gasteiger partial charge >= 0.3 is 0 Å². The number of carbonyl (C=O) groups excluding carboxylic acids is 1. The summed E-state index contributed by atoms with van der Waals surface area (Å²) in [6, 6.07) is 9.95. The molecule has 1 N–H and O–H groups in total. The number of ether oxygens (including phenoxy) is 1. The SMILES string of the molecule is Cc1nc([C@@H]2CCO[C@@H]2CN(C)C(=O)c2cc3ccccc3n2C)n[nH]1. The van der Waals surface area contributed by atoms with Crippen molar-refractivity contribution >= 4 is 16.8 Å². The Morgan fingerprint density at radius 3 is 2.96 bits per heavy atom. The minimum Gasteiger partial charge on any atom is -0.376 e. The zero-order chi connectivity index (χ0) is 18.3. The number of likely N-dealkylation sites (N-methyl/N-ethyl adjacent to an activating group) is 1. The van der Waals surface area contributed by atoms with Crippen LogP contribution in [0.3, 0.4) is 0 Å². The second-order valence-corrected chi connectivity index (χ2v) is 6.92. The van der Waals surface area contributed by atoms with Crippen molar-refractivity contribution < 1.29 is 9.53 Å². The highest BCUT2D eigenvalue weighted by Crippen LogP contribution is 2.30. The van der Waals surface area contributed by atoms with Gasteiger partial charge in [0.2, 0.25) is 0 Å². The number of hydrogen-bond acceptors (Lipinski definition) is 4. The molecule has 2 aromatic heterocycles. The molecule has 1 aliphatic rings. The Morgan fingerprint density at radius 1 is 1.42 bits per heavy atom. The van der Waals surface area contributed by atoms with Gasteiger partial charge in [0.25, 0.3) is 5.91 Å². The Kier molecular flexibility index (Phi) is 4.24. The van der Waals surface area contributed by atoms with Gasteiger partial charge in [-0.3, -0.25) is 9.89 Å². The molecule has 1 saturated heterocycles. The zero-order valence-electron chi connectivity index (χ0n) is 15.3. The van der Waals surface area contributed by atoms with E-state index >= 15 is 0 Å². The van der Waals surface area contributed by atoms with E-state index in [1.165, 1.54) is 0 Å². The number of rotatable bonds is 4. The first-order valence-electron chi connectivity index (χ1n) is 8.85. The standard InChI is InChI=1S/C19H23N5O2/c1-12-20-18(22-21-12)14-8-9-26-17(14)11-23(2)19(25)16-10-13-6-4-5-7-15(13)24(16)3/h4-7,10,14,17H,8-9,11H2,1-3H3,(H,20,21,22)/t14-,17-/m1/s1. The molecule has 136 valence electrons. The molecule has 0 radical (unpaired) electrons. The van der Waals surface area contributed by atoms with Crippen molar-refractivity contribution in [1.29, 1.82) is 0 Å². The predicted octanol–water partition coefficient (Wildman–Crippen LogP) is 2.25. The topological polar surface area (TPSA) is 76.0 Å². The highest BCUT2D eigenvalue weighted by Gasteiger charge is 2.34. The Labute approximate surface area is 152 Å². The maximum atomic E-state index is 13.0. The van der Waals surface area contributed by atoms with Crippen LogP contribution in [0.1, 0.15) is 34.5 Å². The van der Waals surface area contributed by atoms with Crippen LogP contribution in [0.25, 0.3) is 10.9 Å². The van der Waals surface area contributed by atoms with Crippen LogP contribution in [0.2, 0.25) is 0 Å². The van der Waals surface area contributed by atoms with Crippen molar-refractivity contribution in [2.75, 3.05) is 20.2 Å². The van der Waals surface area contributed by atoms with E-state index in [1.54, 1.807) is 4.90 Å². The average molecular weight is 353 g/mol. The minimum atomic E-state index is -0.0890. The third-order valence-electron chi connectivity index (χ3n) is 5.13. The molecular formula is C19H23N5O2. The van der Waals surface area contributed by atoms with E-state index in [0.717, 1.165) is 29.0 Å². The molecule has 26 heavy (non-hydrogen) atoms. The normalized spacial score (nSPS) is 20.0. The number of hydrogen-bond donors (Lipinski definition) is 1. The third-order valence-corrected chi connectivity index (χ3v) is 5.13. The van der Waals surface area contributed by atoms with Crippen LogP contribution >= 0.6 is 0 Å². The third kappa shape index (κ3) is 2.88. The van der Waals surface area contributed by atoms with E-state index < -0.39 is 0 Å². The summed E-state index contributed by atoms with van der Waals surface area (Å²) in [7, 11) is 3.75. The minimum absolute atomic E-state index is 0.0101. The van der Waals surface area contributed by atoms with E-state index in [2.05, 4.69) is 15.2 Å². The quantitative estimate of drug-likeness (QED) is 0.780. The Hall–Kier alpha value is -2.67. The van der Waals surface area contributed by atoms with Crippen LogP contribution in [-0.2, 0) is 11.8 Å². The number of aryl methyl sites for hydroxylation is 2. The molecule has 0 saturated carbocycles. The largest absolute Gasteiger partial charge is 0.376 e. The van der Waals surface area contributed by atoms with E-state index in [0.29, 0.717) is 18.8 Å². The van der Waals surface area contributed by atoms with Crippen molar-refractivity contribution in [3.05, 3.63) is 47.7 Å². The predicted molar refractivity (Wildman–Crippen MR) is 98.1 cm³/mol. The highest BCUT2D eigenvalue weighted by molar-refractivity contribution is 5.98. The van der Waals surface area contributed by atoms with Gasteiger partial charge in [-0.15, -0.1) is 0 Å². The maximum absolute atomic E-state index is 13.0. The van der Waals surface area contributed by atoms with Gasteiger partial charge in [0, 0.05) is 38.1 Å². The Bertz CT molecular complexity index is 944. The van der Waals surface area contributed by atoms with Crippen molar-refractivity contribution in [1.82, 2.24) is 24.6 Å². The van der Waals surface area contributed by atoms with Crippen LogP contribution in [0.5, 0.6) is 0 Å². The molecule has 0 aliphatic carbocycles. The first kappa shape index (κ1) is 16.8. The van der Waals surface area contributed by atoms with Gasteiger partial charge in [-0.1, -0.05) is 18.2 Å². The molecule has 1 aromatic carbocycles. The van der Waals surface area contributed by atoms with Crippen LogP contribution in [0.15, 0.2) is 30.3 Å². The first-order chi connectivity index (χ1) is 12.5. The summed E-state index contributed by atoms with van der Waals surface area (Å²) in [5.41, 5.74) is 1.73. The zero-order valence-corrected chi connectivity index (χ0v) is 15.3. The van der Waals surface area contributed by atoms with Crippen LogP contribution in [0.4, 0.5) is 0 Å². The van der Waals surface area contributed by atoms with Gasteiger partial charge in [-0.2, -0.15) is 5.10 Å². The summed E-state index contributed by atoms with van der Waals surface area (Å²) in [6.45, 7) is 3.06. The fourth-order valence-electron chi connectivity index (χ4n) is 3.69. The van der Waals surface area contributed by atoms with E-state index in [-0.39, 0.29) is 17.9 Å². The number of H-pyrrole nitrogens is 1. The van der Waals surface area contributed by atoms with E-state index in [4.69, 9.17) is 4.74 Å². The van der Waals surface area contributed by atoms with Crippen LogP contribution < -0.4 is 0 Å². The van der Waals surface area contributed by atoms with Crippen molar-refractivity contribution in [3.63, 3.8) is 0 Å². The number of para-hydroxylation sites is 1. The first-order valence-corrected chi connectivity index (χ1v) is 8.85. The summed E-state index contributed by atoms with van der Waals surface area (Å²) in [5.74, 6) is 1.67. The molecule has 7 heteroatoms. The number of aromatic nitrogens is 4.